The van der Waals surface area contributed by atoms with Gasteiger partial charge in [0.25, 0.3) is 0 Å². The second-order valence-corrected chi connectivity index (χ2v) is 4.61. The van der Waals surface area contributed by atoms with Crippen molar-refractivity contribution in [2.75, 3.05) is 5.73 Å². The molecule has 0 aliphatic rings. The third-order valence-electron chi connectivity index (χ3n) is 2.94. The maximum Gasteiger partial charge on any atom is 0.124 e. The number of imidazole rings is 1. The lowest BCUT2D eigenvalue weighted by molar-refractivity contribution is 0.627. The molecule has 0 amide bonds. The van der Waals surface area contributed by atoms with Gasteiger partial charge in [0.15, 0.2) is 0 Å². The van der Waals surface area contributed by atoms with Crippen LogP contribution in [0.2, 0.25) is 5.02 Å². The molecule has 2 heterocycles. The molecule has 0 radical (unpaired) electrons. The second-order valence-electron chi connectivity index (χ2n) is 4.21. The zero-order valence-corrected chi connectivity index (χ0v) is 11.0. The number of halogens is 2. The Bertz CT molecular complexity index is 769. The zero-order valence-electron chi connectivity index (χ0n) is 10.3. The zero-order chi connectivity index (χ0) is 14.1. The number of nitrogens with two attached hydrogens (primary N) is 1. The fraction of sp³-hybridized carbons (Fsp3) is 0. The molecular formula is C14H10ClFN4. The number of hydrogen-bond acceptors (Lipinski definition) is 3. The first kappa shape index (κ1) is 12.6. The molecule has 2 N–H and O–H groups in total. The molecule has 0 fully saturated rings. The highest BCUT2D eigenvalue weighted by atomic mass is 35.5. The number of pyridine rings is 1. The van der Waals surface area contributed by atoms with Crippen molar-refractivity contribution in [3.8, 4) is 16.9 Å². The van der Waals surface area contributed by atoms with Crippen LogP contribution in [0, 0.1) is 5.82 Å². The second kappa shape index (κ2) is 4.94. The smallest absolute Gasteiger partial charge is 0.124 e. The van der Waals surface area contributed by atoms with Gasteiger partial charge in [0, 0.05) is 23.6 Å². The topological polar surface area (TPSA) is 56.7 Å². The van der Waals surface area contributed by atoms with Crippen LogP contribution in [0.4, 0.5) is 10.1 Å². The van der Waals surface area contributed by atoms with E-state index >= 15 is 0 Å². The largest absolute Gasteiger partial charge is 0.398 e. The van der Waals surface area contributed by atoms with Crippen molar-refractivity contribution >= 4 is 17.3 Å². The van der Waals surface area contributed by atoms with E-state index in [-0.39, 0.29) is 5.82 Å². The molecule has 1 aromatic carbocycles. The van der Waals surface area contributed by atoms with Gasteiger partial charge in [0.2, 0.25) is 0 Å². The summed E-state index contributed by atoms with van der Waals surface area (Å²) < 4.78 is 14.9. The molecule has 0 unspecified atom stereocenters. The average Bonchev–Trinajstić information content (AvgIpc) is 2.88. The van der Waals surface area contributed by atoms with E-state index in [9.17, 15) is 4.39 Å². The van der Waals surface area contributed by atoms with Gasteiger partial charge in [-0.1, -0.05) is 11.6 Å². The van der Waals surface area contributed by atoms with E-state index in [0.717, 1.165) is 11.3 Å². The molecule has 100 valence electrons. The van der Waals surface area contributed by atoms with Gasteiger partial charge in [-0.2, -0.15) is 0 Å². The minimum absolute atomic E-state index is 0.298. The molecule has 0 aliphatic carbocycles. The highest BCUT2D eigenvalue weighted by Gasteiger charge is 2.12. The fourth-order valence-corrected chi connectivity index (χ4v) is 2.24. The van der Waals surface area contributed by atoms with Crippen LogP contribution in [-0.2, 0) is 0 Å². The molecule has 20 heavy (non-hydrogen) atoms. The monoisotopic (exact) mass is 288 g/mol. The maximum atomic E-state index is 13.1. The molecular weight excluding hydrogens is 279 g/mol. The normalized spacial score (nSPS) is 10.7. The lowest BCUT2D eigenvalue weighted by Crippen LogP contribution is -1.99. The van der Waals surface area contributed by atoms with E-state index in [4.69, 9.17) is 17.3 Å². The SMILES string of the molecule is Nc1ccncc1-c1cncn1-c1ccc(F)cc1Cl. The molecule has 2 aromatic heterocycles. The molecule has 4 nitrogen and oxygen atoms in total. The van der Waals surface area contributed by atoms with Crippen LogP contribution >= 0.6 is 11.6 Å². The number of nitrogen functional groups attached to an aromatic ring is 1. The Morgan fingerprint density at radius 3 is 2.75 bits per heavy atom. The van der Waals surface area contributed by atoms with Crippen molar-refractivity contribution in [1.29, 1.82) is 0 Å². The number of anilines is 1. The van der Waals surface area contributed by atoms with E-state index in [1.54, 1.807) is 41.6 Å². The molecule has 3 aromatic rings. The Morgan fingerprint density at radius 2 is 2.00 bits per heavy atom. The summed E-state index contributed by atoms with van der Waals surface area (Å²) in [5, 5.41) is 0.298. The van der Waals surface area contributed by atoms with E-state index in [0.29, 0.717) is 16.4 Å². The standard InChI is InChI=1S/C14H10ClFN4/c15-11-5-9(16)1-2-13(11)20-8-19-7-14(20)10-6-18-4-3-12(10)17/h1-8H,(H2,17,18). The summed E-state index contributed by atoms with van der Waals surface area (Å²) in [6, 6.07) is 5.90. The van der Waals surface area contributed by atoms with Crippen LogP contribution in [0.3, 0.4) is 0 Å². The molecule has 3 rings (SSSR count). The van der Waals surface area contributed by atoms with Gasteiger partial charge in [0.1, 0.15) is 5.82 Å². The van der Waals surface area contributed by atoms with Crippen molar-refractivity contribution in [3.05, 3.63) is 60.0 Å². The summed E-state index contributed by atoms with van der Waals surface area (Å²) >= 11 is 6.08. The minimum atomic E-state index is -0.388. The maximum absolute atomic E-state index is 13.1. The molecule has 0 atom stereocenters. The molecule has 0 saturated carbocycles. The van der Waals surface area contributed by atoms with E-state index in [1.165, 1.54) is 12.1 Å². The van der Waals surface area contributed by atoms with Gasteiger partial charge in [-0.3, -0.25) is 9.55 Å². The van der Waals surface area contributed by atoms with Crippen LogP contribution in [0.15, 0.2) is 49.2 Å². The number of nitrogens with zero attached hydrogens (tertiary/aromatic N) is 3. The summed E-state index contributed by atoms with van der Waals surface area (Å²) in [5.74, 6) is -0.388. The number of aromatic nitrogens is 3. The third-order valence-corrected chi connectivity index (χ3v) is 3.24. The van der Waals surface area contributed by atoms with Gasteiger partial charge >= 0.3 is 0 Å². The molecule has 0 spiro atoms. The van der Waals surface area contributed by atoms with Crippen molar-refractivity contribution in [2.24, 2.45) is 0 Å². The van der Waals surface area contributed by atoms with Gasteiger partial charge in [-0.05, 0) is 24.3 Å². The highest BCUT2D eigenvalue weighted by Crippen LogP contribution is 2.29. The summed E-state index contributed by atoms with van der Waals surface area (Å²) in [5.41, 5.74) is 8.64. The number of benzene rings is 1. The minimum Gasteiger partial charge on any atom is -0.398 e. The van der Waals surface area contributed by atoms with Gasteiger partial charge in [0.05, 0.1) is 28.9 Å². The Balaban J connectivity index is 2.18. The van der Waals surface area contributed by atoms with Crippen molar-refractivity contribution in [1.82, 2.24) is 14.5 Å². The first-order valence-corrected chi connectivity index (χ1v) is 6.22. The lowest BCUT2D eigenvalue weighted by Gasteiger charge is -2.11. The van der Waals surface area contributed by atoms with Gasteiger partial charge in [-0.25, -0.2) is 9.37 Å². The Morgan fingerprint density at radius 1 is 1.15 bits per heavy atom. The van der Waals surface area contributed by atoms with Crippen LogP contribution in [0.1, 0.15) is 0 Å². The van der Waals surface area contributed by atoms with Crippen molar-refractivity contribution in [3.63, 3.8) is 0 Å². The molecule has 6 heteroatoms. The fourth-order valence-electron chi connectivity index (χ4n) is 1.98. The van der Waals surface area contributed by atoms with E-state index in [2.05, 4.69) is 9.97 Å². The Labute approximate surface area is 119 Å². The highest BCUT2D eigenvalue weighted by molar-refractivity contribution is 6.32. The summed E-state index contributed by atoms with van der Waals surface area (Å²) in [7, 11) is 0. The van der Waals surface area contributed by atoms with Crippen LogP contribution in [0.25, 0.3) is 16.9 Å². The van der Waals surface area contributed by atoms with Crippen LogP contribution in [-0.4, -0.2) is 14.5 Å². The predicted molar refractivity (Wildman–Crippen MR) is 76.2 cm³/mol. The average molecular weight is 289 g/mol. The van der Waals surface area contributed by atoms with E-state index < -0.39 is 0 Å². The molecule has 0 saturated heterocycles. The lowest BCUT2D eigenvalue weighted by atomic mass is 10.2. The Hall–Kier alpha value is -2.40. The number of hydrogen-bond donors (Lipinski definition) is 1. The van der Waals surface area contributed by atoms with E-state index in [1.807, 2.05) is 0 Å². The summed E-state index contributed by atoms with van der Waals surface area (Å²) in [4.78, 5) is 8.17. The van der Waals surface area contributed by atoms with Crippen molar-refractivity contribution in [2.45, 2.75) is 0 Å². The summed E-state index contributed by atoms with van der Waals surface area (Å²) in [6.07, 6.45) is 6.53. The number of rotatable bonds is 2. The third kappa shape index (κ3) is 2.12. The van der Waals surface area contributed by atoms with Gasteiger partial charge in [-0.15, -0.1) is 0 Å². The van der Waals surface area contributed by atoms with Crippen molar-refractivity contribution < 1.29 is 4.39 Å². The van der Waals surface area contributed by atoms with Crippen LogP contribution < -0.4 is 5.73 Å². The Kier molecular flexibility index (Phi) is 3.12. The molecule has 0 aliphatic heterocycles. The summed E-state index contributed by atoms with van der Waals surface area (Å²) in [6.45, 7) is 0. The first-order valence-electron chi connectivity index (χ1n) is 5.84. The predicted octanol–water partition coefficient (Wildman–Crippen LogP) is 3.31. The quantitative estimate of drug-likeness (QED) is 0.787. The molecule has 0 bridgehead atoms. The first-order chi connectivity index (χ1) is 9.66. The van der Waals surface area contributed by atoms with Crippen LogP contribution in [0.5, 0.6) is 0 Å². The van der Waals surface area contributed by atoms with Gasteiger partial charge < -0.3 is 5.73 Å².